The molecule has 3 aromatic rings. The SMILES string of the molecule is COc1cccc([C@@H]2SCC(=O)Nc3c2cnn3C)c1OCc1cccc(C)c1. The number of para-hydroxylation sites is 1. The van der Waals surface area contributed by atoms with Crippen LogP contribution in [-0.2, 0) is 18.4 Å². The molecule has 1 aromatic heterocycles. The lowest BCUT2D eigenvalue weighted by Crippen LogP contribution is -2.15. The maximum Gasteiger partial charge on any atom is 0.235 e. The van der Waals surface area contributed by atoms with E-state index in [0.29, 0.717) is 23.9 Å². The molecule has 0 fully saturated rings. The number of aromatic nitrogens is 2. The highest BCUT2D eigenvalue weighted by molar-refractivity contribution is 8.00. The second-order valence-electron chi connectivity index (χ2n) is 6.97. The highest BCUT2D eigenvalue weighted by Gasteiger charge is 2.30. The third-order valence-corrected chi connectivity index (χ3v) is 6.14. The number of amides is 1. The number of thioether (sulfide) groups is 1. The van der Waals surface area contributed by atoms with Gasteiger partial charge in [-0.15, -0.1) is 11.8 Å². The van der Waals surface area contributed by atoms with Crippen LogP contribution in [0.5, 0.6) is 11.5 Å². The van der Waals surface area contributed by atoms with Gasteiger partial charge in [-0.25, -0.2) is 0 Å². The fraction of sp³-hybridized carbons (Fsp3) is 0.273. The van der Waals surface area contributed by atoms with E-state index in [0.717, 1.165) is 22.5 Å². The Morgan fingerprint density at radius 1 is 1.24 bits per heavy atom. The summed E-state index contributed by atoms with van der Waals surface area (Å²) in [5.74, 6) is 2.40. The largest absolute Gasteiger partial charge is 0.493 e. The van der Waals surface area contributed by atoms with E-state index in [1.54, 1.807) is 23.6 Å². The summed E-state index contributed by atoms with van der Waals surface area (Å²) in [6, 6.07) is 14.1. The molecule has 0 bridgehead atoms. The van der Waals surface area contributed by atoms with Crippen molar-refractivity contribution in [3.8, 4) is 11.5 Å². The van der Waals surface area contributed by atoms with Gasteiger partial charge in [0.1, 0.15) is 12.4 Å². The molecule has 7 heteroatoms. The minimum atomic E-state index is -0.0970. The first-order valence-electron chi connectivity index (χ1n) is 9.35. The predicted molar refractivity (Wildman–Crippen MR) is 115 cm³/mol. The molecular formula is C22H23N3O3S. The van der Waals surface area contributed by atoms with Gasteiger partial charge in [-0.2, -0.15) is 5.10 Å². The van der Waals surface area contributed by atoms with Gasteiger partial charge in [0.05, 0.1) is 24.3 Å². The Balaban J connectivity index is 1.73. The molecule has 2 aromatic carbocycles. The zero-order chi connectivity index (χ0) is 20.4. The monoisotopic (exact) mass is 409 g/mol. The molecule has 1 aliphatic rings. The number of nitrogens with zero attached hydrogens (tertiary/aromatic N) is 2. The highest BCUT2D eigenvalue weighted by atomic mass is 32.2. The van der Waals surface area contributed by atoms with E-state index >= 15 is 0 Å². The number of nitrogens with one attached hydrogen (secondary N) is 1. The first-order chi connectivity index (χ1) is 14.1. The third kappa shape index (κ3) is 3.96. The van der Waals surface area contributed by atoms with Crippen molar-refractivity contribution in [3.63, 3.8) is 0 Å². The quantitative estimate of drug-likeness (QED) is 0.688. The maximum absolute atomic E-state index is 12.2. The topological polar surface area (TPSA) is 65.4 Å². The molecule has 0 unspecified atom stereocenters. The third-order valence-electron chi connectivity index (χ3n) is 4.87. The molecule has 0 saturated carbocycles. The fourth-order valence-corrected chi connectivity index (χ4v) is 4.59. The van der Waals surface area contributed by atoms with Crippen molar-refractivity contribution >= 4 is 23.5 Å². The minimum absolute atomic E-state index is 0.0347. The average molecular weight is 410 g/mol. The molecule has 0 radical (unpaired) electrons. The van der Waals surface area contributed by atoms with Crippen molar-refractivity contribution in [1.29, 1.82) is 0 Å². The number of carbonyl (C=O) groups is 1. The summed E-state index contributed by atoms with van der Waals surface area (Å²) in [5, 5.41) is 7.20. The standard InChI is InChI=1S/C22H23N3O3S/c1-14-6-4-7-15(10-14)12-28-20-16(8-5-9-18(20)27-3)21-17-11-23-25(2)22(17)24-19(26)13-29-21/h4-11,21H,12-13H2,1-3H3,(H,24,26)/t21-/m0/s1. The molecule has 2 heterocycles. The summed E-state index contributed by atoms with van der Waals surface area (Å²) >= 11 is 1.56. The molecule has 1 aliphatic heterocycles. The van der Waals surface area contributed by atoms with Crippen LogP contribution >= 0.6 is 11.8 Å². The average Bonchev–Trinajstić information content (AvgIpc) is 2.97. The Morgan fingerprint density at radius 2 is 2.07 bits per heavy atom. The van der Waals surface area contributed by atoms with Crippen LogP contribution in [0.25, 0.3) is 0 Å². The van der Waals surface area contributed by atoms with Gasteiger partial charge in [0.2, 0.25) is 5.91 Å². The number of methoxy groups -OCH3 is 1. The lowest BCUT2D eigenvalue weighted by Gasteiger charge is -2.20. The Bertz CT molecular complexity index is 1050. The summed E-state index contributed by atoms with van der Waals surface area (Å²) in [7, 11) is 3.46. The first-order valence-corrected chi connectivity index (χ1v) is 10.4. The van der Waals surface area contributed by atoms with Gasteiger partial charge in [-0.05, 0) is 18.6 Å². The molecule has 1 N–H and O–H groups in total. The number of ether oxygens (including phenoxy) is 2. The highest BCUT2D eigenvalue weighted by Crippen LogP contribution is 2.47. The molecule has 150 valence electrons. The van der Waals surface area contributed by atoms with Gasteiger partial charge >= 0.3 is 0 Å². The van der Waals surface area contributed by atoms with E-state index in [9.17, 15) is 4.79 Å². The Labute approximate surface area is 174 Å². The Kier molecular flexibility index (Phi) is 5.49. The van der Waals surface area contributed by atoms with E-state index in [2.05, 4.69) is 29.5 Å². The summed E-state index contributed by atoms with van der Waals surface area (Å²) in [5.41, 5.74) is 4.20. The van der Waals surface area contributed by atoms with Crippen LogP contribution in [0.3, 0.4) is 0 Å². The molecule has 4 rings (SSSR count). The lowest BCUT2D eigenvalue weighted by atomic mass is 10.0. The number of rotatable bonds is 5. The molecule has 1 atom stereocenters. The van der Waals surface area contributed by atoms with Crippen LogP contribution < -0.4 is 14.8 Å². The predicted octanol–water partition coefficient (Wildman–Crippen LogP) is 4.09. The number of carbonyl (C=O) groups excluding carboxylic acids is 1. The van der Waals surface area contributed by atoms with Crippen molar-refractivity contribution in [3.05, 3.63) is 70.9 Å². The zero-order valence-electron chi connectivity index (χ0n) is 16.6. The van der Waals surface area contributed by atoms with E-state index in [-0.39, 0.29) is 11.2 Å². The van der Waals surface area contributed by atoms with Gasteiger partial charge < -0.3 is 14.8 Å². The van der Waals surface area contributed by atoms with Crippen LogP contribution in [-0.4, -0.2) is 28.6 Å². The number of benzene rings is 2. The van der Waals surface area contributed by atoms with Gasteiger partial charge in [0.25, 0.3) is 0 Å². The minimum Gasteiger partial charge on any atom is -0.493 e. The number of aryl methyl sites for hydroxylation is 2. The number of hydrogen-bond donors (Lipinski definition) is 1. The van der Waals surface area contributed by atoms with Crippen molar-refractivity contribution in [1.82, 2.24) is 9.78 Å². The van der Waals surface area contributed by atoms with Crippen molar-refractivity contribution in [2.24, 2.45) is 7.05 Å². The smallest absolute Gasteiger partial charge is 0.235 e. The van der Waals surface area contributed by atoms with Crippen LogP contribution in [0.2, 0.25) is 0 Å². The van der Waals surface area contributed by atoms with Crippen LogP contribution in [0, 0.1) is 6.92 Å². The summed E-state index contributed by atoms with van der Waals surface area (Å²) in [6.07, 6.45) is 1.81. The molecular weight excluding hydrogens is 386 g/mol. The number of fused-ring (bicyclic) bond motifs is 1. The summed E-state index contributed by atoms with van der Waals surface area (Å²) in [6.45, 7) is 2.50. The first kappa shape index (κ1) is 19.4. The second-order valence-corrected chi connectivity index (χ2v) is 8.06. The van der Waals surface area contributed by atoms with E-state index in [1.165, 1.54) is 5.56 Å². The van der Waals surface area contributed by atoms with E-state index in [4.69, 9.17) is 9.47 Å². The van der Waals surface area contributed by atoms with Crippen molar-refractivity contribution < 1.29 is 14.3 Å². The maximum atomic E-state index is 12.2. The van der Waals surface area contributed by atoms with Gasteiger partial charge in [-0.3, -0.25) is 9.48 Å². The van der Waals surface area contributed by atoms with Gasteiger partial charge in [0.15, 0.2) is 11.5 Å². The second kappa shape index (κ2) is 8.21. The molecule has 0 spiro atoms. The lowest BCUT2D eigenvalue weighted by molar-refractivity contribution is -0.113. The Morgan fingerprint density at radius 3 is 2.86 bits per heavy atom. The molecule has 0 aliphatic carbocycles. The normalized spacial score (nSPS) is 16.0. The number of hydrogen-bond acceptors (Lipinski definition) is 5. The van der Waals surface area contributed by atoms with Crippen LogP contribution in [0.15, 0.2) is 48.7 Å². The van der Waals surface area contributed by atoms with Gasteiger partial charge in [-0.1, -0.05) is 42.0 Å². The van der Waals surface area contributed by atoms with Crippen molar-refractivity contribution in [2.75, 3.05) is 18.2 Å². The van der Waals surface area contributed by atoms with E-state index in [1.807, 2.05) is 43.6 Å². The molecule has 6 nitrogen and oxygen atoms in total. The molecule has 1 amide bonds. The Hall–Kier alpha value is -2.93. The van der Waals surface area contributed by atoms with Crippen molar-refractivity contribution in [2.45, 2.75) is 18.8 Å². The summed E-state index contributed by atoms with van der Waals surface area (Å²) in [4.78, 5) is 12.2. The number of anilines is 1. The van der Waals surface area contributed by atoms with Gasteiger partial charge in [0, 0.05) is 18.2 Å². The zero-order valence-corrected chi connectivity index (χ0v) is 17.5. The molecule has 0 saturated heterocycles. The van der Waals surface area contributed by atoms with E-state index < -0.39 is 0 Å². The summed E-state index contributed by atoms with van der Waals surface area (Å²) < 4.78 is 13.6. The van der Waals surface area contributed by atoms with Crippen LogP contribution in [0.1, 0.15) is 27.5 Å². The fourth-order valence-electron chi connectivity index (χ4n) is 3.49. The molecule has 29 heavy (non-hydrogen) atoms. The van der Waals surface area contributed by atoms with Crippen LogP contribution in [0.4, 0.5) is 5.82 Å².